The highest BCUT2D eigenvalue weighted by Crippen LogP contribution is 2.23. The highest BCUT2D eigenvalue weighted by Gasteiger charge is 2.19. The zero-order valence-electron chi connectivity index (χ0n) is 11.2. The smallest absolute Gasteiger partial charge is 0.342 e. The van der Waals surface area contributed by atoms with Crippen LogP contribution >= 0.6 is 0 Å². The van der Waals surface area contributed by atoms with Crippen LogP contribution in [0.5, 0.6) is 5.88 Å². The van der Waals surface area contributed by atoms with E-state index in [4.69, 9.17) is 4.74 Å². The minimum Gasteiger partial charge on any atom is -0.477 e. The fourth-order valence-electron chi connectivity index (χ4n) is 1.65. The molecular weight excluding hydrogens is 256 g/mol. The summed E-state index contributed by atoms with van der Waals surface area (Å²) in [6.07, 6.45) is 2.07. The first kappa shape index (κ1) is 13.9. The van der Waals surface area contributed by atoms with E-state index in [1.54, 1.807) is 0 Å². The van der Waals surface area contributed by atoms with Gasteiger partial charge in [0, 0.05) is 0 Å². The van der Waals surface area contributed by atoms with Crippen LogP contribution in [0, 0.1) is 0 Å². The van der Waals surface area contributed by atoms with Crippen molar-refractivity contribution < 1.29 is 14.6 Å². The van der Waals surface area contributed by atoms with Crippen LogP contribution in [0.15, 0.2) is 48.7 Å². The molecule has 104 valence electrons. The summed E-state index contributed by atoms with van der Waals surface area (Å²) < 4.78 is 7.08. The zero-order valence-corrected chi connectivity index (χ0v) is 11.2. The Morgan fingerprint density at radius 3 is 2.70 bits per heavy atom. The lowest BCUT2D eigenvalue weighted by Gasteiger charge is -2.11. The Kier molecular flexibility index (Phi) is 4.20. The first-order chi connectivity index (χ1) is 9.63. The van der Waals surface area contributed by atoms with Gasteiger partial charge in [-0.2, -0.15) is 5.10 Å². The number of para-hydroxylation sites is 1. The summed E-state index contributed by atoms with van der Waals surface area (Å²) in [5.41, 5.74) is 1.68. The molecule has 2 rings (SSSR count). The number of nitrogens with zero attached hydrogens (tertiary/aromatic N) is 2. The van der Waals surface area contributed by atoms with Gasteiger partial charge in [0.05, 0.1) is 11.9 Å². The summed E-state index contributed by atoms with van der Waals surface area (Å²) in [6, 6.07) is 9.25. The number of benzene rings is 1. The number of carboxylic acids is 1. The van der Waals surface area contributed by atoms with Crippen LogP contribution in [-0.4, -0.2) is 27.5 Å². The zero-order chi connectivity index (χ0) is 14.5. The van der Waals surface area contributed by atoms with Gasteiger partial charge in [-0.05, 0) is 24.1 Å². The van der Waals surface area contributed by atoms with Crippen molar-refractivity contribution in [2.24, 2.45) is 0 Å². The number of carbonyl (C=O) groups is 1. The lowest BCUT2D eigenvalue weighted by atomic mass is 10.2. The van der Waals surface area contributed by atoms with Crippen LogP contribution in [0.3, 0.4) is 0 Å². The first-order valence-corrected chi connectivity index (χ1v) is 6.29. The Bertz CT molecular complexity index is 617. The Morgan fingerprint density at radius 2 is 2.10 bits per heavy atom. The third-order valence-electron chi connectivity index (χ3n) is 2.87. The standard InChI is InChI=1S/C15H16N2O3/c1-3-11(2)10-20-14-13(15(18)19)9-16-17(14)12-7-5-4-6-8-12/h4-9H,2-3,10H2,1H3,(H,18,19). The van der Waals surface area contributed by atoms with Crippen LogP contribution in [0.2, 0.25) is 0 Å². The minimum absolute atomic E-state index is 0.0396. The fourth-order valence-corrected chi connectivity index (χ4v) is 1.65. The summed E-state index contributed by atoms with van der Waals surface area (Å²) >= 11 is 0. The molecule has 0 fully saturated rings. The molecule has 5 heteroatoms. The molecule has 0 spiro atoms. The maximum Gasteiger partial charge on any atom is 0.342 e. The highest BCUT2D eigenvalue weighted by molar-refractivity contribution is 5.90. The molecule has 0 saturated carbocycles. The van der Waals surface area contributed by atoms with Crippen molar-refractivity contribution in [2.75, 3.05) is 6.61 Å². The maximum absolute atomic E-state index is 11.2. The van der Waals surface area contributed by atoms with E-state index in [0.29, 0.717) is 0 Å². The van der Waals surface area contributed by atoms with E-state index in [0.717, 1.165) is 17.7 Å². The lowest BCUT2D eigenvalue weighted by molar-refractivity contribution is 0.0692. The third-order valence-corrected chi connectivity index (χ3v) is 2.87. The lowest BCUT2D eigenvalue weighted by Crippen LogP contribution is -2.08. The normalized spacial score (nSPS) is 10.2. The number of ether oxygens (including phenoxy) is 1. The van der Waals surface area contributed by atoms with Crippen LogP contribution in [0.1, 0.15) is 23.7 Å². The SMILES string of the molecule is C=C(CC)COc1c(C(=O)O)cnn1-c1ccccc1. The predicted molar refractivity (Wildman–Crippen MR) is 75.4 cm³/mol. The van der Waals surface area contributed by atoms with Crippen molar-refractivity contribution in [3.8, 4) is 11.6 Å². The van der Waals surface area contributed by atoms with Gasteiger partial charge in [0.1, 0.15) is 12.2 Å². The van der Waals surface area contributed by atoms with E-state index >= 15 is 0 Å². The van der Waals surface area contributed by atoms with Crippen molar-refractivity contribution >= 4 is 5.97 Å². The van der Waals surface area contributed by atoms with Gasteiger partial charge in [0.25, 0.3) is 0 Å². The monoisotopic (exact) mass is 272 g/mol. The molecular formula is C15H16N2O3. The summed E-state index contributed by atoms with van der Waals surface area (Å²) in [6.45, 7) is 6.09. The van der Waals surface area contributed by atoms with E-state index < -0.39 is 5.97 Å². The van der Waals surface area contributed by atoms with Crippen LogP contribution in [-0.2, 0) is 0 Å². The topological polar surface area (TPSA) is 64.3 Å². The maximum atomic E-state index is 11.2. The molecule has 0 aliphatic heterocycles. The Balaban J connectivity index is 2.37. The van der Waals surface area contributed by atoms with Gasteiger partial charge in [-0.25, -0.2) is 9.48 Å². The molecule has 0 amide bonds. The third kappa shape index (κ3) is 2.88. The van der Waals surface area contributed by atoms with Crippen molar-refractivity contribution in [1.29, 1.82) is 0 Å². The van der Waals surface area contributed by atoms with Gasteiger partial charge in [-0.15, -0.1) is 0 Å². The van der Waals surface area contributed by atoms with Gasteiger partial charge in [0.2, 0.25) is 5.88 Å². The quantitative estimate of drug-likeness (QED) is 0.821. The number of carboxylic acid groups (broad SMARTS) is 1. The molecule has 0 atom stereocenters. The van der Waals surface area contributed by atoms with Crippen molar-refractivity contribution in [1.82, 2.24) is 9.78 Å². The van der Waals surface area contributed by atoms with Crippen molar-refractivity contribution in [2.45, 2.75) is 13.3 Å². The van der Waals surface area contributed by atoms with Crippen LogP contribution in [0.25, 0.3) is 5.69 Å². The van der Waals surface area contributed by atoms with E-state index in [1.165, 1.54) is 10.9 Å². The second kappa shape index (κ2) is 6.06. The average Bonchev–Trinajstić information content (AvgIpc) is 2.89. The number of aromatic nitrogens is 2. The van der Waals surface area contributed by atoms with E-state index in [1.807, 2.05) is 37.3 Å². The predicted octanol–water partition coefficient (Wildman–Crippen LogP) is 2.92. The Hall–Kier alpha value is -2.56. The van der Waals surface area contributed by atoms with Gasteiger partial charge >= 0.3 is 5.97 Å². The number of aromatic carboxylic acids is 1. The molecule has 0 unspecified atom stereocenters. The fraction of sp³-hybridized carbons (Fsp3) is 0.200. The molecule has 1 aromatic heterocycles. The largest absolute Gasteiger partial charge is 0.477 e. The Morgan fingerprint density at radius 1 is 1.40 bits per heavy atom. The van der Waals surface area contributed by atoms with Crippen molar-refractivity contribution in [3.63, 3.8) is 0 Å². The average molecular weight is 272 g/mol. The molecule has 0 aliphatic carbocycles. The van der Waals surface area contributed by atoms with Crippen LogP contribution in [0.4, 0.5) is 0 Å². The van der Waals surface area contributed by atoms with E-state index in [9.17, 15) is 9.90 Å². The molecule has 1 aromatic carbocycles. The molecule has 0 aliphatic rings. The van der Waals surface area contributed by atoms with E-state index in [-0.39, 0.29) is 18.1 Å². The van der Waals surface area contributed by atoms with Gasteiger partial charge in [-0.3, -0.25) is 0 Å². The molecule has 0 radical (unpaired) electrons. The second-order valence-electron chi connectivity index (χ2n) is 4.31. The van der Waals surface area contributed by atoms with Crippen molar-refractivity contribution in [3.05, 3.63) is 54.2 Å². The highest BCUT2D eigenvalue weighted by atomic mass is 16.5. The molecule has 20 heavy (non-hydrogen) atoms. The Labute approximate surface area is 117 Å². The first-order valence-electron chi connectivity index (χ1n) is 6.29. The molecule has 2 aromatic rings. The second-order valence-corrected chi connectivity index (χ2v) is 4.31. The van der Waals surface area contributed by atoms with Gasteiger partial charge in [0.15, 0.2) is 0 Å². The summed E-state index contributed by atoms with van der Waals surface area (Å²) in [7, 11) is 0. The molecule has 5 nitrogen and oxygen atoms in total. The number of hydrogen-bond acceptors (Lipinski definition) is 3. The number of hydrogen-bond donors (Lipinski definition) is 1. The molecule has 1 heterocycles. The van der Waals surface area contributed by atoms with Crippen LogP contribution < -0.4 is 4.74 Å². The summed E-state index contributed by atoms with van der Waals surface area (Å²) in [5, 5.41) is 13.3. The minimum atomic E-state index is -1.07. The van der Waals surface area contributed by atoms with Gasteiger partial charge < -0.3 is 9.84 Å². The summed E-state index contributed by atoms with van der Waals surface area (Å²) in [4.78, 5) is 11.2. The molecule has 0 bridgehead atoms. The van der Waals surface area contributed by atoms with E-state index in [2.05, 4.69) is 11.7 Å². The molecule has 0 saturated heterocycles. The van der Waals surface area contributed by atoms with Gasteiger partial charge in [-0.1, -0.05) is 31.7 Å². The summed E-state index contributed by atoms with van der Waals surface area (Å²) in [5.74, 6) is -0.845. The molecule has 1 N–H and O–H groups in total. The number of rotatable bonds is 6.